The van der Waals surface area contributed by atoms with E-state index in [4.69, 9.17) is 9.05 Å². The van der Waals surface area contributed by atoms with Gasteiger partial charge in [0.1, 0.15) is 0 Å². The first-order valence-corrected chi connectivity index (χ1v) is 8.79. The van der Waals surface area contributed by atoms with Crippen LogP contribution in [0.5, 0.6) is 0 Å². The van der Waals surface area contributed by atoms with Crippen LogP contribution in [-0.4, -0.2) is 30.4 Å². The number of nitrogens with one attached hydrogen (secondary N) is 1. The second-order valence-electron chi connectivity index (χ2n) is 2.78. The number of para-hydroxylation sites is 2. The molecular weight excluding hydrogens is 440 g/mol. The zero-order valence-electron chi connectivity index (χ0n) is 9.73. The Balaban J connectivity index is 0.000000185. The van der Waals surface area contributed by atoms with E-state index in [1.165, 1.54) is 0 Å². The average molecular weight is 454 g/mol. The van der Waals surface area contributed by atoms with Gasteiger partial charge < -0.3 is 9.05 Å². The van der Waals surface area contributed by atoms with Crippen molar-refractivity contribution in [1.29, 1.82) is 0 Å². The van der Waals surface area contributed by atoms with E-state index in [0.29, 0.717) is 0 Å². The molecule has 0 unspecified atom stereocenters. The van der Waals surface area contributed by atoms with Crippen LogP contribution < -0.4 is 4.04 Å². The fourth-order valence-electron chi connectivity index (χ4n) is 1.13. The Morgan fingerprint density at radius 1 is 1.29 bits per heavy atom. The van der Waals surface area contributed by atoms with Crippen molar-refractivity contribution >= 4 is 34.0 Å². The molecule has 0 saturated carbocycles. The van der Waals surface area contributed by atoms with Crippen molar-refractivity contribution < 1.29 is 30.1 Å². The first-order chi connectivity index (χ1) is 8.21. The van der Waals surface area contributed by atoms with Gasteiger partial charge in [-0.05, 0) is 6.26 Å². The molecule has 0 atom stereocenters. The third kappa shape index (κ3) is 5.10. The zero-order valence-corrected chi connectivity index (χ0v) is 13.6. The fourth-order valence-corrected chi connectivity index (χ4v) is 3.02. The van der Waals surface area contributed by atoms with Gasteiger partial charge in [-0.1, -0.05) is 11.4 Å². The molecule has 0 saturated heterocycles. The van der Waals surface area contributed by atoms with E-state index >= 15 is 0 Å². The van der Waals surface area contributed by atoms with Gasteiger partial charge in [0, 0.05) is 14.2 Å². The van der Waals surface area contributed by atoms with Crippen LogP contribution in [0.25, 0.3) is 11.0 Å². The summed E-state index contributed by atoms with van der Waals surface area (Å²) in [5.74, 6) is 0. The van der Waals surface area contributed by atoms with Crippen molar-refractivity contribution in [2.24, 2.45) is 0 Å². The number of aromatic nitrogens is 2. The number of benzene rings is 1. The van der Waals surface area contributed by atoms with Crippen molar-refractivity contribution in [3.63, 3.8) is 0 Å². The molecule has 98 valence electrons. The number of imidazole rings is 1. The molecule has 0 aliphatic carbocycles. The molecule has 1 aromatic carbocycles. The molecule has 0 fully saturated rings. The van der Waals surface area contributed by atoms with Crippen molar-refractivity contribution in [2.75, 3.05) is 20.5 Å². The quantitative estimate of drug-likeness (QED) is 0.573. The molecule has 7 heteroatoms. The summed E-state index contributed by atoms with van der Waals surface area (Å²) in [4.78, 5) is 7.36. The molecule has 1 N–H and O–H groups in total. The number of hydrogen-bond acceptors (Lipinski definition) is 4. The third-order valence-corrected chi connectivity index (χ3v) is 4.99. The van der Waals surface area contributed by atoms with Gasteiger partial charge in [0.2, 0.25) is 7.58 Å². The SMILES string of the molecule is COP(OC)SC.[Au][c]1nc2ccccc2[nH]1. The standard InChI is InChI=1S/C7H5N2.C3H9O2PS.Au/c1-2-4-7-6(3-1)8-5-9-7;1-4-6(5-2)7-3;/h1-4H,(H,8,9);1-3H3;. The number of aromatic amines is 1. The molecule has 4 nitrogen and oxygen atoms in total. The van der Waals surface area contributed by atoms with E-state index in [1.807, 2.05) is 30.5 Å². The van der Waals surface area contributed by atoms with Gasteiger partial charge >= 0.3 is 70.4 Å². The van der Waals surface area contributed by atoms with Crippen LogP contribution in [0.3, 0.4) is 0 Å². The molecule has 1 aromatic heterocycles. The number of rotatable bonds is 3. The minimum absolute atomic E-state index is 0.637. The maximum absolute atomic E-state index is 4.85. The van der Waals surface area contributed by atoms with Crippen LogP contribution in [0.2, 0.25) is 0 Å². The Kier molecular flexibility index (Phi) is 7.39. The topological polar surface area (TPSA) is 47.1 Å². The summed E-state index contributed by atoms with van der Waals surface area (Å²) in [6, 6.07) is 7.98. The fraction of sp³-hybridized carbons (Fsp3) is 0.300. The Labute approximate surface area is 118 Å². The van der Waals surface area contributed by atoms with Gasteiger partial charge in [0.05, 0.1) is 0 Å². The van der Waals surface area contributed by atoms with E-state index in [1.54, 1.807) is 25.6 Å². The summed E-state index contributed by atoms with van der Waals surface area (Å²) in [5.41, 5.74) is 2.13. The van der Waals surface area contributed by atoms with Gasteiger partial charge in [-0.25, -0.2) is 0 Å². The third-order valence-electron chi connectivity index (χ3n) is 1.79. The monoisotopic (exact) mass is 454 g/mol. The first kappa shape index (κ1) is 15.2. The van der Waals surface area contributed by atoms with Crippen molar-refractivity contribution in [1.82, 2.24) is 9.97 Å². The molecule has 0 radical (unpaired) electrons. The number of hydrogen-bond donors (Lipinski definition) is 1. The van der Waals surface area contributed by atoms with Gasteiger partial charge in [0.15, 0.2) is 0 Å². The average Bonchev–Trinajstić information content (AvgIpc) is 2.72. The second-order valence-corrected chi connectivity index (χ2v) is 7.34. The maximum atomic E-state index is 4.85. The summed E-state index contributed by atoms with van der Waals surface area (Å²) < 4.78 is 10.6. The second kappa shape index (κ2) is 8.27. The van der Waals surface area contributed by atoms with E-state index in [-0.39, 0.29) is 0 Å². The van der Waals surface area contributed by atoms with Crippen LogP contribution in [0, 0.1) is 0 Å². The Morgan fingerprint density at radius 3 is 2.41 bits per heavy atom. The van der Waals surface area contributed by atoms with Crippen LogP contribution >= 0.6 is 19.0 Å². The molecule has 17 heavy (non-hydrogen) atoms. The van der Waals surface area contributed by atoms with Gasteiger partial charge in [-0.3, -0.25) is 0 Å². The first-order valence-electron chi connectivity index (χ1n) is 4.70. The van der Waals surface area contributed by atoms with Gasteiger partial charge in [-0.2, -0.15) is 0 Å². The van der Waals surface area contributed by atoms with E-state index < -0.39 is 7.58 Å². The molecule has 0 amide bonds. The molecule has 0 bridgehead atoms. The van der Waals surface area contributed by atoms with E-state index in [2.05, 4.69) is 31.0 Å². The molecule has 2 aromatic rings. The number of fused-ring (bicyclic) bond motifs is 1. The van der Waals surface area contributed by atoms with Gasteiger partial charge in [0.25, 0.3) is 0 Å². The molecular formula is C10H14AuN2O2PS. The molecule has 2 rings (SSSR count). The number of nitrogens with zero attached hydrogens (tertiary/aromatic N) is 1. The predicted octanol–water partition coefficient (Wildman–Crippen LogP) is 2.60. The summed E-state index contributed by atoms with van der Waals surface area (Å²) in [7, 11) is 2.65. The minimum atomic E-state index is -0.637. The normalized spacial score (nSPS) is 10.5. The van der Waals surface area contributed by atoms with Crippen LogP contribution in [0.4, 0.5) is 0 Å². The van der Waals surface area contributed by atoms with Crippen LogP contribution in [0.15, 0.2) is 24.3 Å². The van der Waals surface area contributed by atoms with Crippen LogP contribution in [0.1, 0.15) is 0 Å². The molecule has 0 aliphatic heterocycles. The van der Waals surface area contributed by atoms with Crippen LogP contribution in [-0.2, 0) is 30.1 Å². The summed E-state index contributed by atoms with van der Waals surface area (Å²) >= 11 is 3.93. The van der Waals surface area contributed by atoms with E-state index in [0.717, 1.165) is 15.1 Å². The Hall–Kier alpha value is 0.130. The molecule has 0 aliphatic rings. The summed E-state index contributed by atoms with van der Waals surface area (Å²) in [5, 5.41) is 0. The number of H-pyrrole nitrogens is 1. The van der Waals surface area contributed by atoms with Crippen molar-refractivity contribution in [2.45, 2.75) is 0 Å². The van der Waals surface area contributed by atoms with Crippen molar-refractivity contribution in [3.8, 4) is 0 Å². The molecule has 0 spiro atoms. The van der Waals surface area contributed by atoms with E-state index in [9.17, 15) is 0 Å². The predicted molar refractivity (Wildman–Crippen MR) is 70.2 cm³/mol. The van der Waals surface area contributed by atoms with Gasteiger partial charge in [-0.15, -0.1) is 0 Å². The van der Waals surface area contributed by atoms with Crippen molar-refractivity contribution in [3.05, 3.63) is 24.3 Å². The summed E-state index contributed by atoms with van der Waals surface area (Å²) in [6.07, 6.45) is 1.96. The summed E-state index contributed by atoms with van der Waals surface area (Å²) in [6.45, 7) is 0. The Morgan fingerprint density at radius 2 is 1.94 bits per heavy atom. The molecule has 1 heterocycles. The zero-order chi connectivity index (χ0) is 12.7. The Bertz CT molecular complexity index is 412.